The summed E-state index contributed by atoms with van der Waals surface area (Å²) in [5.41, 5.74) is 6.13. The third kappa shape index (κ3) is 5.08. The molecular formula is C15H25N3O3S. The molecule has 0 aromatic heterocycles. The first-order valence-corrected chi connectivity index (χ1v) is 8.84. The fourth-order valence-corrected chi connectivity index (χ4v) is 3.02. The van der Waals surface area contributed by atoms with Crippen LogP contribution in [-0.4, -0.2) is 26.4 Å². The lowest BCUT2D eigenvalue weighted by Gasteiger charge is -2.16. The summed E-state index contributed by atoms with van der Waals surface area (Å²) in [5.74, 6) is -0.599. The van der Waals surface area contributed by atoms with E-state index in [4.69, 9.17) is 5.73 Å². The lowest BCUT2D eigenvalue weighted by atomic mass is 10.0. The molecule has 0 spiro atoms. The molecule has 6 nitrogen and oxygen atoms in total. The molecule has 1 amide bonds. The van der Waals surface area contributed by atoms with Crippen LogP contribution in [0, 0.1) is 5.92 Å². The van der Waals surface area contributed by atoms with Crippen molar-refractivity contribution < 1.29 is 13.2 Å². The average Bonchev–Trinajstić information content (AvgIpc) is 2.45. The van der Waals surface area contributed by atoms with E-state index in [2.05, 4.69) is 10.0 Å². The summed E-state index contributed by atoms with van der Waals surface area (Å²) in [6.07, 6.45) is 0.696. The van der Waals surface area contributed by atoms with Gasteiger partial charge in [-0.15, -0.1) is 0 Å². The number of nitrogens with one attached hydrogen (secondary N) is 2. The van der Waals surface area contributed by atoms with Crippen LogP contribution in [0.3, 0.4) is 0 Å². The molecule has 124 valence electrons. The van der Waals surface area contributed by atoms with Crippen LogP contribution in [0.5, 0.6) is 0 Å². The van der Waals surface area contributed by atoms with Crippen LogP contribution in [0.4, 0.5) is 5.69 Å². The van der Waals surface area contributed by atoms with Gasteiger partial charge in [0.25, 0.3) is 0 Å². The second kappa shape index (κ2) is 7.71. The van der Waals surface area contributed by atoms with E-state index in [9.17, 15) is 13.2 Å². The Hall–Kier alpha value is -1.44. The van der Waals surface area contributed by atoms with Gasteiger partial charge >= 0.3 is 0 Å². The molecule has 1 rings (SSSR count). The smallest absolute Gasteiger partial charge is 0.240 e. The highest BCUT2D eigenvalue weighted by Crippen LogP contribution is 2.17. The Morgan fingerprint density at radius 2 is 1.91 bits per heavy atom. The zero-order chi connectivity index (χ0) is 16.9. The minimum Gasteiger partial charge on any atom is -0.327 e. The fourth-order valence-electron chi connectivity index (χ4n) is 1.65. The van der Waals surface area contributed by atoms with Gasteiger partial charge in [-0.2, -0.15) is 0 Å². The number of sulfonamides is 1. The first-order valence-electron chi connectivity index (χ1n) is 7.36. The molecule has 0 saturated heterocycles. The normalized spacial score (nSPS) is 15.9. The van der Waals surface area contributed by atoms with Crippen LogP contribution in [0.15, 0.2) is 29.2 Å². The molecule has 0 fully saturated rings. The van der Waals surface area contributed by atoms with Crippen molar-refractivity contribution in [2.24, 2.45) is 11.7 Å². The molecule has 4 N–H and O–H groups in total. The second-order valence-corrected chi connectivity index (χ2v) is 7.31. The number of carbonyl (C=O) groups excluding carboxylic acids is 1. The van der Waals surface area contributed by atoms with Crippen LogP contribution in [0.1, 0.15) is 34.1 Å². The Morgan fingerprint density at radius 1 is 1.27 bits per heavy atom. The number of hydrogen-bond donors (Lipinski definition) is 3. The molecule has 3 unspecified atom stereocenters. The van der Waals surface area contributed by atoms with Gasteiger partial charge in [-0.1, -0.05) is 19.9 Å². The maximum atomic E-state index is 12.2. The van der Waals surface area contributed by atoms with Crippen molar-refractivity contribution in [1.82, 2.24) is 4.72 Å². The summed E-state index contributed by atoms with van der Waals surface area (Å²) in [5, 5.41) is 2.69. The van der Waals surface area contributed by atoms with Crippen LogP contribution in [-0.2, 0) is 14.8 Å². The van der Waals surface area contributed by atoms with E-state index in [0.29, 0.717) is 12.1 Å². The van der Waals surface area contributed by atoms with Gasteiger partial charge in [0.2, 0.25) is 15.9 Å². The van der Waals surface area contributed by atoms with Gasteiger partial charge in [0.1, 0.15) is 0 Å². The van der Waals surface area contributed by atoms with E-state index in [1.54, 1.807) is 32.9 Å². The predicted octanol–water partition coefficient (Wildman–Crippen LogP) is 1.69. The predicted molar refractivity (Wildman–Crippen MR) is 88.0 cm³/mol. The number of carbonyl (C=O) groups is 1. The number of amides is 1. The zero-order valence-corrected chi connectivity index (χ0v) is 14.3. The summed E-state index contributed by atoms with van der Waals surface area (Å²) in [6.45, 7) is 7.18. The summed E-state index contributed by atoms with van der Waals surface area (Å²) >= 11 is 0. The number of hydrogen-bond acceptors (Lipinski definition) is 4. The molecule has 7 heteroatoms. The maximum absolute atomic E-state index is 12.2. The van der Waals surface area contributed by atoms with E-state index < -0.39 is 10.0 Å². The van der Waals surface area contributed by atoms with Gasteiger partial charge in [-0.3, -0.25) is 4.79 Å². The Bertz CT molecular complexity index is 614. The molecule has 0 radical (unpaired) electrons. The highest BCUT2D eigenvalue weighted by atomic mass is 32.2. The first-order chi connectivity index (χ1) is 10.2. The highest BCUT2D eigenvalue weighted by Gasteiger charge is 2.19. The largest absolute Gasteiger partial charge is 0.327 e. The van der Waals surface area contributed by atoms with Crippen LogP contribution in [0.25, 0.3) is 0 Å². The zero-order valence-electron chi connectivity index (χ0n) is 13.5. The Labute approximate surface area is 132 Å². The molecule has 0 heterocycles. The van der Waals surface area contributed by atoms with Crippen molar-refractivity contribution in [3.63, 3.8) is 0 Å². The second-order valence-electron chi connectivity index (χ2n) is 5.60. The molecule has 0 aliphatic carbocycles. The summed E-state index contributed by atoms with van der Waals surface area (Å²) in [7, 11) is -3.59. The van der Waals surface area contributed by atoms with Gasteiger partial charge in [0.15, 0.2) is 0 Å². The van der Waals surface area contributed by atoms with Gasteiger partial charge in [-0.05, 0) is 38.5 Å². The van der Waals surface area contributed by atoms with E-state index in [1.807, 2.05) is 6.92 Å². The van der Waals surface area contributed by atoms with Crippen molar-refractivity contribution in [3.8, 4) is 0 Å². The molecule has 22 heavy (non-hydrogen) atoms. The molecule has 3 atom stereocenters. The monoisotopic (exact) mass is 327 g/mol. The summed E-state index contributed by atoms with van der Waals surface area (Å²) in [6, 6.07) is 5.75. The minimum atomic E-state index is -3.59. The SMILES string of the molecule is CCC(C)NS(=O)(=O)c1cccc(NC(=O)C(C)C(C)N)c1. The van der Waals surface area contributed by atoms with Crippen LogP contribution in [0.2, 0.25) is 0 Å². The van der Waals surface area contributed by atoms with Gasteiger partial charge < -0.3 is 11.1 Å². The average molecular weight is 327 g/mol. The lowest BCUT2D eigenvalue weighted by molar-refractivity contribution is -0.119. The van der Waals surface area contributed by atoms with E-state index in [0.717, 1.165) is 0 Å². The van der Waals surface area contributed by atoms with E-state index >= 15 is 0 Å². The quantitative estimate of drug-likeness (QED) is 0.709. The number of anilines is 1. The van der Waals surface area contributed by atoms with Gasteiger partial charge in [0, 0.05) is 17.8 Å². The van der Waals surface area contributed by atoms with Gasteiger partial charge in [-0.25, -0.2) is 13.1 Å². The van der Waals surface area contributed by atoms with Crippen molar-refractivity contribution >= 4 is 21.6 Å². The number of benzene rings is 1. The van der Waals surface area contributed by atoms with Crippen LogP contribution >= 0.6 is 0 Å². The molecule has 1 aromatic carbocycles. The fraction of sp³-hybridized carbons (Fsp3) is 0.533. The van der Waals surface area contributed by atoms with E-state index in [-0.39, 0.29) is 28.8 Å². The Morgan fingerprint density at radius 3 is 2.45 bits per heavy atom. The van der Waals surface area contributed by atoms with Crippen molar-refractivity contribution in [3.05, 3.63) is 24.3 Å². The first kappa shape index (κ1) is 18.6. The number of rotatable bonds is 7. The van der Waals surface area contributed by atoms with Crippen LogP contribution < -0.4 is 15.8 Å². The molecular weight excluding hydrogens is 302 g/mol. The Balaban J connectivity index is 2.93. The standard InChI is InChI=1S/C15H25N3O3S/c1-5-10(2)18-22(20,21)14-8-6-7-13(9-14)17-15(19)11(3)12(4)16/h6-12,18H,5,16H2,1-4H3,(H,17,19). The maximum Gasteiger partial charge on any atom is 0.240 e. The minimum absolute atomic E-state index is 0.124. The van der Waals surface area contributed by atoms with Gasteiger partial charge in [0.05, 0.1) is 10.8 Å². The molecule has 0 aliphatic heterocycles. The Kier molecular flexibility index (Phi) is 6.52. The molecule has 1 aromatic rings. The summed E-state index contributed by atoms with van der Waals surface area (Å²) < 4.78 is 27.1. The third-order valence-electron chi connectivity index (χ3n) is 3.58. The van der Waals surface area contributed by atoms with E-state index in [1.165, 1.54) is 12.1 Å². The topological polar surface area (TPSA) is 101 Å². The summed E-state index contributed by atoms with van der Waals surface area (Å²) in [4.78, 5) is 12.1. The molecule has 0 bridgehead atoms. The lowest BCUT2D eigenvalue weighted by Crippen LogP contribution is -2.34. The number of nitrogens with two attached hydrogens (primary N) is 1. The third-order valence-corrected chi connectivity index (χ3v) is 5.17. The molecule has 0 saturated carbocycles. The molecule has 0 aliphatic rings. The van der Waals surface area contributed by atoms with Crippen molar-refractivity contribution in [1.29, 1.82) is 0 Å². The van der Waals surface area contributed by atoms with Crippen molar-refractivity contribution in [2.45, 2.75) is 51.1 Å². The van der Waals surface area contributed by atoms with Crippen molar-refractivity contribution in [2.75, 3.05) is 5.32 Å². The highest BCUT2D eigenvalue weighted by molar-refractivity contribution is 7.89.